The molecule has 102 valence electrons. The molecule has 1 saturated carbocycles. The average molecular weight is 242 g/mol. The highest BCUT2D eigenvalue weighted by Gasteiger charge is 2.21. The van der Waals surface area contributed by atoms with Crippen LogP contribution in [0.1, 0.15) is 52.9 Å². The van der Waals surface area contributed by atoms with Gasteiger partial charge in [0.05, 0.1) is 6.61 Å². The molecule has 0 atom stereocenters. The number of hydrogen-bond donors (Lipinski definition) is 2. The van der Waals surface area contributed by atoms with Crippen LogP contribution < -0.4 is 5.32 Å². The zero-order valence-electron chi connectivity index (χ0n) is 11.8. The molecular formula is C14H30N2O. The van der Waals surface area contributed by atoms with Gasteiger partial charge in [-0.3, -0.25) is 4.90 Å². The van der Waals surface area contributed by atoms with Crippen molar-refractivity contribution in [1.82, 2.24) is 10.2 Å². The third-order valence-corrected chi connectivity index (χ3v) is 3.51. The van der Waals surface area contributed by atoms with Crippen molar-refractivity contribution in [2.24, 2.45) is 0 Å². The van der Waals surface area contributed by atoms with E-state index in [0.29, 0.717) is 6.61 Å². The van der Waals surface area contributed by atoms with Gasteiger partial charge in [0.15, 0.2) is 0 Å². The van der Waals surface area contributed by atoms with Gasteiger partial charge in [0, 0.05) is 18.1 Å². The molecule has 3 nitrogen and oxygen atoms in total. The fourth-order valence-corrected chi connectivity index (χ4v) is 2.62. The van der Waals surface area contributed by atoms with Crippen LogP contribution in [0.3, 0.4) is 0 Å². The maximum atomic E-state index is 9.13. The molecule has 0 heterocycles. The van der Waals surface area contributed by atoms with Gasteiger partial charge in [0.25, 0.3) is 0 Å². The Bertz CT molecular complexity index is 195. The number of rotatable bonds is 7. The minimum absolute atomic E-state index is 0.217. The van der Waals surface area contributed by atoms with Crippen LogP contribution in [0.5, 0.6) is 0 Å². The Morgan fingerprint density at radius 3 is 2.35 bits per heavy atom. The Morgan fingerprint density at radius 1 is 1.18 bits per heavy atom. The number of hydrogen-bond acceptors (Lipinski definition) is 3. The molecule has 1 aliphatic rings. The van der Waals surface area contributed by atoms with Crippen molar-refractivity contribution < 1.29 is 5.11 Å². The minimum atomic E-state index is 0.217. The van der Waals surface area contributed by atoms with Crippen LogP contribution in [-0.4, -0.2) is 47.8 Å². The highest BCUT2D eigenvalue weighted by molar-refractivity contribution is 4.78. The molecular weight excluding hydrogens is 212 g/mol. The number of nitrogens with one attached hydrogen (secondary N) is 1. The molecule has 0 aromatic rings. The van der Waals surface area contributed by atoms with Gasteiger partial charge in [0.2, 0.25) is 0 Å². The first-order chi connectivity index (χ1) is 8.03. The molecule has 0 radical (unpaired) electrons. The quantitative estimate of drug-likeness (QED) is 0.670. The third-order valence-electron chi connectivity index (χ3n) is 3.51. The van der Waals surface area contributed by atoms with Crippen molar-refractivity contribution in [2.45, 2.75) is 64.5 Å². The number of nitrogens with zero attached hydrogens (tertiary/aromatic N) is 1. The summed E-state index contributed by atoms with van der Waals surface area (Å²) in [4.78, 5) is 2.48. The summed E-state index contributed by atoms with van der Waals surface area (Å²) >= 11 is 0. The van der Waals surface area contributed by atoms with E-state index in [2.05, 4.69) is 31.0 Å². The Kier molecular flexibility index (Phi) is 6.45. The molecule has 1 fully saturated rings. The molecule has 0 amide bonds. The smallest absolute Gasteiger partial charge is 0.0558 e. The Balaban J connectivity index is 2.20. The first kappa shape index (κ1) is 14.9. The molecule has 1 rings (SSSR count). The van der Waals surface area contributed by atoms with E-state index in [9.17, 15) is 0 Å². The molecule has 0 spiro atoms. The third kappa shape index (κ3) is 6.39. The molecule has 0 aromatic heterocycles. The second-order valence-corrected chi connectivity index (χ2v) is 6.23. The van der Waals surface area contributed by atoms with Crippen LogP contribution in [0, 0.1) is 0 Å². The molecule has 0 aliphatic heterocycles. The monoisotopic (exact) mass is 242 g/mol. The van der Waals surface area contributed by atoms with E-state index in [1.165, 1.54) is 32.1 Å². The predicted molar refractivity (Wildman–Crippen MR) is 73.3 cm³/mol. The van der Waals surface area contributed by atoms with Gasteiger partial charge >= 0.3 is 0 Å². The van der Waals surface area contributed by atoms with Gasteiger partial charge in [-0.15, -0.1) is 0 Å². The normalized spacial score (nSPS) is 18.2. The molecule has 0 bridgehead atoms. The summed E-state index contributed by atoms with van der Waals surface area (Å²) in [6, 6.07) is 0.733. The van der Waals surface area contributed by atoms with Gasteiger partial charge < -0.3 is 10.4 Å². The highest BCUT2D eigenvalue weighted by atomic mass is 16.3. The Morgan fingerprint density at radius 2 is 1.82 bits per heavy atom. The molecule has 0 saturated heterocycles. The maximum absolute atomic E-state index is 9.13. The first-order valence-corrected chi connectivity index (χ1v) is 7.13. The molecule has 2 N–H and O–H groups in total. The van der Waals surface area contributed by atoms with E-state index >= 15 is 0 Å². The second-order valence-electron chi connectivity index (χ2n) is 6.23. The summed E-state index contributed by atoms with van der Waals surface area (Å²) in [5, 5.41) is 12.6. The van der Waals surface area contributed by atoms with Gasteiger partial charge in [-0.1, -0.05) is 12.8 Å². The van der Waals surface area contributed by atoms with E-state index < -0.39 is 0 Å². The molecule has 3 heteroatoms. The van der Waals surface area contributed by atoms with Gasteiger partial charge in [-0.2, -0.15) is 0 Å². The largest absolute Gasteiger partial charge is 0.395 e. The minimum Gasteiger partial charge on any atom is -0.395 e. The van der Waals surface area contributed by atoms with Crippen LogP contribution >= 0.6 is 0 Å². The van der Waals surface area contributed by atoms with Crippen LogP contribution in [0.25, 0.3) is 0 Å². The maximum Gasteiger partial charge on any atom is 0.0558 e. The van der Waals surface area contributed by atoms with Gasteiger partial charge in [0.1, 0.15) is 0 Å². The lowest BCUT2D eigenvalue weighted by atomic mass is 10.1. The Labute approximate surface area is 107 Å². The number of aliphatic hydroxyl groups is 1. The number of aliphatic hydroxyl groups excluding tert-OH is 1. The van der Waals surface area contributed by atoms with Crippen molar-refractivity contribution in [2.75, 3.05) is 26.2 Å². The van der Waals surface area contributed by atoms with Gasteiger partial charge in [-0.25, -0.2) is 0 Å². The molecule has 0 unspecified atom stereocenters. The molecule has 1 aliphatic carbocycles. The van der Waals surface area contributed by atoms with E-state index in [0.717, 1.165) is 25.7 Å². The van der Waals surface area contributed by atoms with Gasteiger partial charge in [-0.05, 0) is 53.1 Å². The predicted octanol–water partition coefficient (Wildman–Crippen LogP) is 2.00. The van der Waals surface area contributed by atoms with E-state index in [4.69, 9.17) is 5.11 Å². The van der Waals surface area contributed by atoms with E-state index in [1.807, 2.05) is 0 Å². The van der Waals surface area contributed by atoms with Crippen LogP contribution in [-0.2, 0) is 0 Å². The summed E-state index contributed by atoms with van der Waals surface area (Å²) < 4.78 is 0. The fourth-order valence-electron chi connectivity index (χ4n) is 2.62. The van der Waals surface area contributed by atoms with Crippen molar-refractivity contribution >= 4 is 0 Å². The standard InChI is InChI=1S/C14H30N2O/c1-14(2,3)15-9-6-10-16(11-12-17)13-7-4-5-8-13/h13,15,17H,4-12H2,1-3H3. The SMILES string of the molecule is CC(C)(C)NCCCN(CCO)C1CCCC1. The topological polar surface area (TPSA) is 35.5 Å². The lowest BCUT2D eigenvalue weighted by Gasteiger charge is -2.29. The summed E-state index contributed by atoms with van der Waals surface area (Å²) in [6.07, 6.45) is 6.56. The highest BCUT2D eigenvalue weighted by Crippen LogP contribution is 2.23. The lowest BCUT2D eigenvalue weighted by molar-refractivity contribution is 0.149. The van der Waals surface area contributed by atoms with Crippen LogP contribution in [0.4, 0.5) is 0 Å². The second kappa shape index (κ2) is 7.34. The first-order valence-electron chi connectivity index (χ1n) is 7.13. The van der Waals surface area contributed by atoms with Crippen molar-refractivity contribution in [3.05, 3.63) is 0 Å². The van der Waals surface area contributed by atoms with E-state index in [-0.39, 0.29) is 5.54 Å². The Hall–Kier alpha value is -0.120. The molecule has 17 heavy (non-hydrogen) atoms. The lowest BCUT2D eigenvalue weighted by Crippen LogP contribution is -2.40. The molecule has 0 aromatic carbocycles. The van der Waals surface area contributed by atoms with Crippen LogP contribution in [0.2, 0.25) is 0 Å². The zero-order valence-corrected chi connectivity index (χ0v) is 11.8. The summed E-state index contributed by atoms with van der Waals surface area (Å²) in [5.41, 5.74) is 0.217. The average Bonchev–Trinajstić information content (AvgIpc) is 2.74. The summed E-state index contributed by atoms with van der Waals surface area (Å²) in [6.45, 7) is 9.94. The van der Waals surface area contributed by atoms with Crippen molar-refractivity contribution in [3.63, 3.8) is 0 Å². The summed E-state index contributed by atoms with van der Waals surface area (Å²) in [5.74, 6) is 0. The zero-order chi connectivity index (χ0) is 12.7. The van der Waals surface area contributed by atoms with Crippen LogP contribution in [0.15, 0.2) is 0 Å². The van der Waals surface area contributed by atoms with Crippen molar-refractivity contribution in [3.8, 4) is 0 Å². The fraction of sp³-hybridized carbons (Fsp3) is 1.00. The van der Waals surface area contributed by atoms with Crippen molar-refractivity contribution in [1.29, 1.82) is 0 Å². The van der Waals surface area contributed by atoms with E-state index in [1.54, 1.807) is 0 Å². The summed E-state index contributed by atoms with van der Waals surface area (Å²) in [7, 11) is 0.